The SMILES string of the molecule is CCn1c(=C(C#N)C(=O)NCC(F)(F)F)sc(=CNc2cccc(NC(=O)CN3CCN(C(N)=O)CC3)c2)c1=O. The molecule has 4 amide bonds. The first-order valence-electron chi connectivity index (χ1n) is 12.0. The number of hydrogen-bond donors (Lipinski definition) is 4. The second kappa shape index (κ2) is 13.1. The fourth-order valence-corrected chi connectivity index (χ4v) is 4.91. The molecule has 0 radical (unpaired) electrons. The Balaban J connectivity index is 1.74. The van der Waals surface area contributed by atoms with Crippen molar-refractivity contribution in [1.29, 1.82) is 5.26 Å². The summed E-state index contributed by atoms with van der Waals surface area (Å²) in [6.07, 6.45) is -3.31. The van der Waals surface area contributed by atoms with Crippen molar-refractivity contribution in [3.05, 3.63) is 43.8 Å². The van der Waals surface area contributed by atoms with Crippen LogP contribution in [-0.2, 0) is 16.1 Å². The number of primary amides is 1. The predicted octanol–water partition coefficient (Wildman–Crippen LogP) is -0.233. The molecule has 12 nitrogen and oxygen atoms in total. The minimum Gasteiger partial charge on any atom is -0.360 e. The third-order valence-corrected chi connectivity index (χ3v) is 6.92. The van der Waals surface area contributed by atoms with Crippen LogP contribution in [0, 0.1) is 11.3 Å². The number of halogens is 3. The van der Waals surface area contributed by atoms with E-state index in [1.165, 1.54) is 11.1 Å². The number of hydrogen-bond acceptors (Lipinski definition) is 8. The predicted molar refractivity (Wildman–Crippen MR) is 142 cm³/mol. The molecule has 0 unspecified atom stereocenters. The number of carbonyl (C=O) groups is 3. The van der Waals surface area contributed by atoms with Gasteiger partial charge >= 0.3 is 12.2 Å². The number of rotatable bonds is 8. The first-order valence-corrected chi connectivity index (χ1v) is 12.9. The summed E-state index contributed by atoms with van der Waals surface area (Å²) in [7, 11) is 0. The molecule has 2 aromatic rings. The molecule has 3 rings (SSSR count). The number of nitrogens with one attached hydrogen (secondary N) is 3. The van der Waals surface area contributed by atoms with Gasteiger partial charge < -0.3 is 26.6 Å². The molecule has 5 N–H and O–H groups in total. The Morgan fingerprint density at radius 1 is 1.18 bits per heavy atom. The van der Waals surface area contributed by atoms with Crippen molar-refractivity contribution in [1.82, 2.24) is 19.7 Å². The lowest BCUT2D eigenvalue weighted by molar-refractivity contribution is -0.135. The molecule has 2 heterocycles. The van der Waals surface area contributed by atoms with Gasteiger partial charge in [0.15, 0.2) is 5.57 Å². The molecule has 1 aliphatic rings. The summed E-state index contributed by atoms with van der Waals surface area (Å²) in [6, 6.07) is 7.76. The lowest BCUT2D eigenvalue weighted by Gasteiger charge is -2.33. The van der Waals surface area contributed by atoms with Crippen molar-refractivity contribution in [2.75, 3.05) is 49.9 Å². The van der Waals surface area contributed by atoms with E-state index in [1.807, 2.05) is 4.90 Å². The number of thiazole rings is 1. The average molecular weight is 581 g/mol. The minimum absolute atomic E-state index is 0.0691. The van der Waals surface area contributed by atoms with E-state index >= 15 is 0 Å². The van der Waals surface area contributed by atoms with Crippen LogP contribution in [0.25, 0.3) is 11.8 Å². The van der Waals surface area contributed by atoms with Crippen molar-refractivity contribution in [3.63, 3.8) is 0 Å². The Kier molecular flexibility index (Phi) is 9.91. The molecule has 40 heavy (non-hydrogen) atoms. The van der Waals surface area contributed by atoms with E-state index < -0.39 is 35.8 Å². The van der Waals surface area contributed by atoms with Crippen molar-refractivity contribution in [2.24, 2.45) is 5.73 Å². The summed E-state index contributed by atoms with van der Waals surface area (Å²) < 4.78 is 38.6. The Bertz CT molecular complexity index is 1490. The fourth-order valence-electron chi connectivity index (χ4n) is 3.82. The highest BCUT2D eigenvalue weighted by Gasteiger charge is 2.29. The third kappa shape index (κ3) is 8.07. The van der Waals surface area contributed by atoms with Crippen LogP contribution >= 0.6 is 11.3 Å². The maximum atomic E-state index is 12.8. The lowest BCUT2D eigenvalue weighted by Crippen LogP contribution is -2.51. The Hall–Kier alpha value is -4.36. The maximum Gasteiger partial charge on any atom is 0.405 e. The summed E-state index contributed by atoms with van der Waals surface area (Å²) in [5.74, 6) is -1.49. The molecule has 0 atom stereocenters. The first-order chi connectivity index (χ1) is 18.9. The fraction of sp³-hybridized carbons (Fsp3) is 0.375. The van der Waals surface area contributed by atoms with E-state index in [9.17, 15) is 37.6 Å². The molecule has 0 aliphatic carbocycles. The summed E-state index contributed by atoms with van der Waals surface area (Å²) in [6.45, 7) is 2.09. The molecule has 1 saturated heterocycles. The van der Waals surface area contributed by atoms with Crippen LogP contribution in [-0.4, -0.2) is 77.7 Å². The highest BCUT2D eigenvalue weighted by Crippen LogP contribution is 2.15. The van der Waals surface area contributed by atoms with Gasteiger partial charge in [-0.3, -0.25) is 23.9 Å². The Labute approximate surface area is 230 Å². The van der Waals surface area contributed by atoms with E-state index in [4.69, 9.17) is 5.73 Å². The van der Waals surface area contributed by atoms with Gasteiger partial charge in [0.2, 0.25) is 5.91 Å². The molecule has 1 aromatic carbocycles. The minimum atomic E-state index is -4.66. The Morgan fingerprint density at radius 2 is 1.85 bits per heavy atom. The summed E-state index contributed by atoms with van der Waals surface area (Å²) >= 11 is 0.784. The van der Waals surface area contributed by atoms with Crippen LogP contribution in [0.4, 0.5) is 29.3 Å². The molecular weight excluding hydrogens is 553 g/mol. The highest BCUT2D eigenvalue weighted by molar-refractivity contribution is 7.07. The van der Waals surface area contributed by atoms with Gasteiger partial charge in [-0.1, -0.05) is 6.07 Å². The summed E-state index contributed by atoms with van der Waals surface area (Å²) in [5, 5.41) is 16.8. The lowest BCUT2D eigenvalue weighted by atomic mass is 10.2. The molecule has 0 bridgehead atoms. The number of urea groups is 1. The van der Waals surface area contributed by atoms with Gasteiger partial charge in [-0.25, -0.2) is 4.79 Å². The molecule has 0 spiro atoms. The largest absolute Gasteiger partial charge is 0.405 e. The maximum absolute atomic E-state index is 12.8. The zero-order valence-electron chi connectivity index (χ0n) is 21.4. The van der Waals surface area contributed by atoms with E-state index in [0.29, 0.717) is 37.6 Å². The second-order valence-corrected chi connectivity index (χ2v) is 9.66. The van der Waals surface area contributed by atoms with Crippen LogP contribution in [0.15, 0.2) is 29.1 Å². The van der Waals surface area contributed by atoms with E-state index in [0.717, 1.165) is 15.9 Å². The van der Waals surface area contributed by atoms with Crippen molar-refractivity contribution in [3.8, 4) is 6.07 Å². The molecule has 16 heteroatoms. The summed E-state index contributed by atoms with van der Waals surface area (Å²) in [5.41, 5.74) is 5.13. The second-order valence-electron chi connectivity index (χ2n) is 8.62. The van der Waals surface area contributed by atoms with Crippen LogP contribution in [0.3, 0.4) is 0 Å². The number of piperazine rings is 1. The number of nitrogens with zero attached hydrogens (tertiary/aromatic N) is 4. The van der Waals surface area contributed by atoms with Crippen molar-refractivity contribution < 1.29 is 27.6 Å². The van der Waals surface area contributed by atoms with Gasteiger partial charge in [0.25, 0.3) is 11.5 Å². The molecule has 1 aromatic heterocycles. The first kappa shape index (κ1) is 30.2. The third-order valence-electron chi connectivity index (χ3n) is 5.79. The van der Waals surface area contributed by atoms with E-state index in [1.54, 1.807) is 42.6 Å². The molecular formula is C24H27F3N8O4S. The van der Waals surface area contributed by atoms with Gasteiger partial charge in [0.1, 0.15) is 21.8 Å². The number of anilines is 2. The number of nitriles is 1. The van der Waals surface area contributed by atoms with Crippen LogP contribution < -0.4 is 36.4 Å². The number of benzene rings is 1. The monoisotopic (exact) mass is 580 g/mol. The Morgan fingerprint density at radius 3 is 2.45 bits per heavy atom. The summed E-state index contributed by atoms with van der Waals surface area (Å²) in [4.78, 5) is 52.2. The molecule has 0 saturated carbocycles. The van der Waals surface area contributed by atoms with Crippen LogP contribution in [0.2, 0.25) is 0 Å². The van der Waals surface area contributed by atoms with Crippen molar-refractivity contribution >= 4 is 52.3 Å². The molecule has 1 fully saturated rings. The number of amides is 4. The zero-order chi connectivity index (χ0) is 29.4. The van der Waals surface area contributed by atoms with Crippen molar-refractivity contribution in [2.45, 2.75) is 19.6 Å². The van der Waals surface area contributed by atoms with Gasteiger partial charge in [-0.15, -0.1) is 11.3 Å². The quantitative estimate of drug-likeness (QED) is 0.335. The molecule has 214 valence electrons. The number of alkyl halides is 3. The van der Waals surface area contributed by atoms with E-state index in [2.05, 4.69) is 10.6 Å². The van der Waals surface area contributed by atoms with Crippen LogP contribution in [0.5, 0.6) is 0 Å². The molecule has 1 aliphatic heterocycles. The van der Waals surface area contributed by atoms with Gasteiger partial charge in [0.05, 0.1) is 6.54 Å². The van der Waals surface area contributed by atoms with Crippen LogP contribution in [0.1, 0.15) is 6.92 Å². The average Bonchev–Trinajstić information content (AvgIpc) is 3.21. The zero-order valence-corrected chi connectivity index (χ0v) is 22.2. The van der Waals surface area contributed by atoms with Gasteiger partial charge in [-0.05, 0) is 25.1 Å². The normalized spacial score (nSPS) is 15.3. The topological polar surface area (TPSA) is 166 Å². The number of aromatic nitrogens is 1. The highest BCUT2D eigenvalue weighted by atomic mass is 32.1. The van der Waals surface area contributed by atoms with E-state index in [-0.39, 0.29) is 28.2 Å². The smallest absolute Gasteiger partial charge is 0.360 e. The number of carbonyl (C=O) groups excluding carboxylic acids is 3. The standard InChI is InChI=1S/C24H27F3N8O4S/c1-2-35-21(38)18(40-22(35)17(11-28)20(37)31-14-24(25,26)27)12-30-15-4-3-5-16(10-15)32-19(36)13-33-6-8-34(9-7-33)23(29)39/h3-5,10,12,30H,2,6-9,13-14H2,1H3,(H2,29,39)(H,31,37)(H,32,36). The van der Waals surface area contributed by atoms with Gasteiger partial charge in [0, 0.05) is 50.3 Å². The number of nitrogens with two attached hydrogens (primary N) is 1. The van der Waals surface area contributed by atoms with Gasteiger partial charge in [-0.2, -0.15) is 18.4 Å².